The summed E-state index contributed by atoms with van der Waals surface area (Å²) in [5, 5.41) is 4.46. The lowest BCUT2D eigenvalue weighted by atomic mass is 9.92. The lowest BCUT2D eigenvalue weighted by Gasteiger charge is -2.20. The van der Waals surface area contributed by atoms with E-state index < -0.39 is 0 Å². The lowest BCUT2D eigenvalue weighted by molar-refractivity contribution is 0.495. The Morgan fingerprint density at radius 1 is 1.38 bits per heavy atom. The van der Waals surface area contributed by atoms with E-state index in [9.17, 15) is 0 Å². The number of aryl methyl sites for hydroxylation is 2. The number of hydrogen-bond donors (Lipinski definition) is 0. The van der Waals surface area contributed by atoms with Crippen molar-refractivity contribution >= 4 is 15.9 Å². The van der Waals surface area contributed by atoms with Crippen LogP contribution in [0.4, 0.5) is 0 Å². The molecule has 0 atom stereocenters. The molecule has 0 amide bonds. The summed E-state index contributed by atoms with van der Waals surface area (Å²) in [6, 6.07) is 0. The second kappa shape index (κ2) is 3.45. The molecule has 0 aliphatic heterocycles. The normalized spacial score (nSPS) is 12.2. The van der Waals surface area contributed by atoms with Crippen LogP contribution < -0.4 is 0 Å². The van der Waals surface area contributed by atoms with E-state index in [0.29, 0.717) is 0 Å². The van der Waals surface area contributed by atoms with Crippen molar-refractivity contribution in [1.82, 2.24) is 9.78 Å². The molecule has 0 aromatic carbocycles. The van der Waals surface area contributed by atoms with Crippen LogP contribution in [0.25, 0.3) is 0 Å². The molecule has 1 rings (SSSR count). The van der Waals surface area contributed by atoms with Gasteiger partial charge in [-0.05, 0) is 29.8 Å². The molecule has 0 bridgehead atoms. The monoisotopic (exact) mass is 244 g/mol. The van der Waals surface area contributed by atoms with Crippen LogP contribution in [0.5, 0.6) is 0 Å². The molecular formula is C10H17BrN2. The smallest absolute Gasteiger partial charge is 0.0738 e. The molecule has 1 aromatic heterocycles. The Bertz CT molecular complexity index is 307. The van der Waals surface area contributed by atoms with Gasteiger partial charge >= 0.3 is 0 Å². The van der Waals surface area contributed by atoms with E-state index in [1.165, 1.54) is 5.69 Å². The van der Waals surface area contributed by atoms with Crippen LogP contribution in [0.15, 0.2) is 4.47 Å². The number of halogens is 1. The number of hydrogen-bond acceptors (Lipinski definition) is 1. The molecule has 0 aliphatic carbocycles. The van der Waals surface area contributed by atoms with Crippen molar-refractivity contribution in [3.63, 3.8) is 0 Å². The van der Waals surface area contributed by atoms with Crippen LogP contribution in [0.1, 0.15) is 39.1 Å². The molecule has 0 unspecified atom stereocenters. The molecule has 3 heteroatoms. The summed E-state index contributed by atoms with van der Waals surface area (Å²) in [5.74, 6) is 0. The Kier molecular flexibility index (Phi) is 2.85. The van der Waals surface area contributed by atoms with Crippen LogP contribution in [0.3, 0.4) is 0 Å². The summed E-state index contributed by atoms with van der Waals surface area (Å²) in [7, 11) is 0. The first-order valence-corrected chi connectivity index (χ1v) is 5.40. The highest BCUT2D eigenvalue weighted by Crippen LogP contribution is 2.31. The van der Waals surface area contributed by atoms with E-state index in [-0.39, 0.29) is 5.41 Å². The zero-order valence-electron chi connectivity index (χ0n) is 8.98. The maximum atomic E-state index is 4.46. The molecule has 0 N–H and O–H groups in total. The quantitative estimate of drug-likeness (QED) is 0.742. The third-order valence-electron chi connectivity index (χ3n) is 2.06. The van der Waals surface area contributed by atoms with Crippen molar-refractivity contribution in [3.05, 3.63) is 15.9 Å². The highest BCUT2D eigenvalue weighted by Gasteiger charge is 2.23. The third kappa shape index (κ3) is 1.96. The Hall–Kier alpha value is -0.310. The minimum atomic E-state index is 0.149. The average molecular weight is 245 g/mol. The first-order valence-electron chi connectivity index (χ1n) is 4.61. The predicted molar refractivity (Wildman–Crippen MR) is 59.0 cm³/mol. The highest BCUT2D eigenvalue weighted by molar-refractivity contribution is 9.10. The summed E-state index contributed by atoms with van der Waals surface area (Å²) >= 11 is 3.59. The van der Waals surface area contributed by atoms with Crippen LogP contribution in [0, 0.1) is 6.92 Å². The molecule has 1 heterocycles. The molecule has 0 saturated heterocycles. The summed E-state index contributed by atoms with van der Waals surface area (Å²) in [5.41, 5.74) is 2.51. The second-order valence-electron chi connectivity index (χ2n) is 4.31. The SMILES string of the molecule is CCn1nc(C)c(Br)c1C(C)(C)C. The standard InChI is InChI=1S/C10H17BrN2/c1-6-13-9(10(3,4)5)8(11)7(2)12-13/h6H2,1-5H3. The summed E-state index contributed by atoms with van der Waals surface area (Å²) in [6.07, 6.45) is 0. The van der Waals surface area contributed by atoms with Gasteiger partial charge < -0.3 is 0 Å². The maximum absolute atomic E-state index is 4.46. The Morgan fingerprint density at radius 3 is 2.23 bits per heavy atom. The fourth-order valence-electron chi connectivity index (χ4n) is 1.50. The van der Waals surface area contributed by atoms with E-state index in [0.717, 1.165) is 16.7 Å². The number of rotatable bonds is 1. The second-order valence-corrected chi connectivity index (χ2v) is 5.11. The average Bonchev–Trinajstić information content (AvgIpc) is 2.26. The van der Waals surface area contributed by atoms with Crippen molar-refractivity contribution in [3.8, 4) is 0 Å². The van der Waals surface area contributed by atoms with Crippen molar-refractivity contribution in [1.29, 1.82) is 0 Å². The number of aromatic nitrogens is 2. The topological polar surface area (TPSA) is 17.8 Å². The molecule has 0 saturated carbocycles. The predicted octanol–water partition coefficient (Wildman–Crippen LogP) is 3.27. The van der Waals surface area contributed by atoms with E-state index in [4.69, 9.17) is 0 Å². The Labute approximate surface area is 88.5 Å². The van der Waals surface area contributed by atoms with Gasteiger partial charge in [0.15, 0.2) is 0 Å². The molecule has 0 radical (unpaired) electrons. The lowest BCUT2D eigenvalue weighted by Crippen LogP contribution is -2.18. The fourth-order valence-corrected chi connectivity index (χ4v) is 2.38. The summed E-state index contributed by atoms with van der Waals surface area (Å²) in [6.45, 7) is 11.7. The minimum Gasteiger partial charge on any atom is -0.268 e. The van der Waals surface area contributed by atoms with Gasteiger partial charge in [-0.3, -0.25) is 4.68 Å². The van der Waals surface area contributed by atoms with Gasteiger partial charge in [0.25, 0.3) is 0 Å². The van der Waals surface area contributed by atoms with Crippen molar-refractivity contribution < 1.29 is 0 Å². The van der Waals surface area contributed by atoms with Crippen LogP contribution >= 0.6 is 15.9 Å². The van der Waals surface area contributed by atoms with Gasteiger partial charge in [0.1, 0.15) is 0 Å². The van der Waals surface area contributed by atoms with Gasteiger partial charge in [-0.25, -0.2) is 0 Å². The number of nitrogens with zero attached hydrogens (tertiary/aromatic N) is 2. The zero-order chi connectivity index (χ0) is 10.2. The van der Waals surface area contributed by atoms with Gasteiger partial charge in [0, 0.05) is 12.0 Å². The first kappa shape index (κ1) is 10.8. The van der Waals surface area contributed by atoms with Gasteiger partial charge in [-0.2, -0.15) is 5.10 Å². The van der Waals surface area contributed by atoms with E-state index in [1.54, 1.807) is 0 Å². The third-order valence-corrected chi connectivity index (χ3v) is 3.01. The summed E-state index contributed by atoms with van der Waals surface area (Å²) in [4.78, 5) is 0. The van der Waals surface area contributed by atoms with Gasteiger partial charge in [0.05, 0.1) is 15.9 Å². The van der Waals surface area contributed by atoms with Gasteiger partial charge in [-0.1, -0.05) is 20.8 Å². The molecular weight excluding hydrogens is 228 g/mol. The molecule has 0 aliphatic rings. The van der Waals surface area contributed by atoms with E-state index in [2.05, 4.69) is 53.4 Å². The Balaban J connectivity index is 3.33. The van der Waals surface area contributed by atoms with Crippen molar-refractivity contribution in [2.45, 2.75) is 46.6 Å². The van der Waals surface area contributed by atoms with Crippen LogP contribution in [0.2, 0.25) is 0 Å². The Morgan fingerprint density at radius 2 is 1.92 bits per heavy atom. The highest BCUT2D eigenvalue weighted by atomic mass is 79.9. The molecule has 74 valence electrons. The zero-order valence-corrected chi connectivity index (χ0v) is 10.6. The van der Waals surface area contributed by atoms with Crippen LogP contribution in [-0.4, -0.2) is 9.78 Å². The largest absolute Gasteiger partial charge is 0.268 e. The van der Waals surface area contributed by atoms with E-state index >= 15 is 0 Å². The van der Waals surface area contributed by atoms with Gasteiger partial charge in [0.2, 0.25) is 0 Å². The van der Waals surface area contributed by atoms with E-state index in [1.807, 2.05) is 6.92 Å². The maximum Gasteiger partial charge on any atom is 0.0738 e. The molecule has 1 aromatic rings. The first-order chi connectivity index (χ1) is 5.88. The molecule has 2 nitrogen and oxygen atoms in total. The van der Waals surface area contributed by atoms with Gasteiger partial charge in [-0.15, -0.1) is 0 Å². The van der Waals surface area contributed by atoms with Crippen molar-refractivity contribution in [2.24, 2.45) is 0 Å². The van der Waals surface area contributed by atoms with Crippen molar-refractivity contribution in [2.75, 3.05) is 0 Å². The molecule has 0 spiro atoms. The minimum absolute atomic E-state index is 0.149. The fraction of sp³-hybridized carbons (Fsp3) is 0.700. The summed E-state index contributed by atoms with van der Waals surface area (Å²) < 4.78 is 3.22. The van der Waals surface area contributed by atoms with Crippen LogP contribution in [-0.2, 0) is 12.0 Å². The molecule has 13 heavy (non-hydrogen) atoms. The molecule has 0 fully saturated rings.